The van der Waals surface area contributed by atoms with Crippen molar-refractivity contribution in [2.45, 2.75) is 43.6 Å². The number of piperidine rings is 1. The molecule has 0 atom stereocenters. The number of carbonyl (C=O) groups excluding carboxylic acids is 1. The van der Waals surface area contributed by atoms with Crippen LogP contribution in [0.5, 0.6) is 11.5 Å². The summed E-state index contributed by atoms with van der Waals surface area (Å²) in [5.41, 5.74) is 0.471. The van der Waals surface area contributed by atoms with Crippen molar-refractivity contribution in [1.29, 1.82) is 0 Å². The first-order valence-electron chi connectivity index (χ1n) is 12.2. The summed E-state index contributed by atoms with van der Waals surface area (Å²) in [7, 11) is -2.26. The molecule has 4 rings (SSSR count). The Morgan fingerprint density at radius 1 is 1.00 bits per heavy atom. The molecule has 3 aromatic carbocycles. The second-order valence-electron chi connectivity index (χ2n) is 8.71. The van der Waals surface area contributed by atoms with Gasteiger partial charge in [-0.3, -0.25) is 4.72 Å². The SMILES string of the molecule is CCCCOC(=O)N1CCC(Oc2ccc(NS(=O)(=O)c3ccc(OC)cc3)c3ccccc23)CC1. The Hall–Kier alpha value is -3.46. The maximum atomic E-state index is 13.0. The molecule has 3 aromatic rings. The van der Waals surface area contributed by atoms with Gasteiger partial charge in [-0.25, -0.2) is 13.2 Å². The van der Waals surface area contributed by atoms with E-state index in [1.807, 2.05) is 24.3 Å². The first kappa shape index (κ1) is 25.6. The van der Waals surface area contributed by atoms with E-state index < -0.39 is 10.0 Å². The van der Waals surface area contributed by atoms with Gasteiger partial charge in [0.2, 0.25) is 0 Å². The van der Waals surface area contributed by atoms with Crippen molar-refractivity contribution in [3.63, 3.8) is 0 Å². The van der Waals surface area contributed by atoms with Crippen molar-refractivity contribution in [3.8, 4) is 11.5 Å². The molecular formula is C27H32N2O6S. The Morgan fingerprint density at radius 2 is 1.69 bits per heavy atom. The number of hydrogen-bond donors (Lipinski definition) is 1. The van der Waals surface area contributed by atoms with Crippen LogP contribution in [0, 0.1) is 0 Å². The summed E-state index contributed by atoms with van der Waals surface area (Å²) in [6, 6.07) is 17.3. The first-order chi connectivity index (χ1) is 17.4. The molecule has 0 saturated carbocycles. The normalized spacial score (nSPS) is 14.4. The minimum atomic E-state index is -3.79. The van der Waals surface area contributed by atoms with Crippen LogP contribution in [0.1, 0.15) is 32.6 Å². The van der Waals surface area contributed by atoms with Crippen LogP contribution in [-0.4, -0.2) is 52.3 Å². The average molecular weight is 513 g/mol. The minimum Gasteiger partial charge on any atom is -0.497 e. The maximum Gasteiger partial charge on any atom is 0.409 e. The van der Waals surface area contributed by atoms with E-state index in [0.29, 0.717) is 49.7 Å². The highest BCUT2D eigenvalue weighted by Crippen LogP contribution is 2.34. The van der Waals surface area contributed by atoms with Crippen molar-refractivity contribution < 1.29 is 27.4 Å². The molecule has 9 heteroatoms. The number of nitrogens with one attached hydrogen (secondary N) is 1. The molecule has 8 nitrogen and oxygen atoms in total. The zero-order valence-corrected chi connectivity index (χ0v) is 21.4. The number of anilines is 1. The fraction of sp³-hybridized carbons (Fsp3) is 0.370. The summed E-state index contributed by atoms with van der Waals surface area (Å²) in [5.74, 6) is 1.27. The van der Waals surface area contributed by atoms with Crippen LogP contribution in [0.15, 0.2) is 65.6 Å². The number of methoxy groups -OCH3 is 1. The van der Waals surface area contributed by atoms with E-state index >= 15 is 0 Å². The number of rotatable bonds is 9. The second kappa shape index (κ2) is 11.5. The average Bonchev–Trinajstić information content (AvgIpc) is 2.90. The summed E-state index contributed by atoms with van der Waals surface area (Å²) in [5, 5.41) is 1.55. The van der Waals surface area contributed by atoms with Gasteiger partial charge in [-0.2, -0.15) is 0 Å². The van der Waals surface area contributed by atoms with Crippen LogP contribution in [0.4, 0.5) is 10.5 Å². The van der Waals surface area contributed by atoms with Gasteiger partial charge in [0.25, 0.3) is 10.0 Å². The molecule has 1 fully saturated rings. The van der Waals surface area contributed by atoms with Crippen LogP contribution in [-0.2, 0) is 14.8 Å². The Kier molecular flexibility index (Phi) is 8.20. The molecule has 1 saturated heterocycles. The lowest BCUT2D eigenvalue weighted by Gasteiger charge is -2.31. The second-order valence-corrected chi connectivity index (χ2v) is 10.4. The molecule has 0 spiro atoms. The fourth-order valence-corrected chi connectivity index (χ4v) is 5.23. The third kappa shape index (κ3) is 6.02. The maximum absolute atomic E-state index is 13.0. The Bertz CT molecular complexity index is 1290. The highest BCUT2D eigenvalue weighted by molar-refractivity contribution is 7.92. The standard InChI is InChI=1S/C27H32N2O6S/c1-3-4-19-34-27(30)29-17-15-21(16-18-29)35-26-14-13-25(23-7-5-6-8-24(23)26)28-36(31,32)22-11-9-20(33-2)10-12-22/h5-14,21,28H,3-4,15-19H2,1-2H3. The van der Waals surface area contributed by atoms with E-state index in [4.69, 9.17) is 14.2 Å². The number of hydrogen-bond acceptors (Lipinski definition) is 6. The molecule has 1 amide bonds. The van der Waals surface area contributed by atoms with Gasteiger partial charge in [-0.15, -0.1) is 0 Å². The molecule has 36 heavy (non-hydrogen) atoms. The number of ether oxygens (including phenoxy) is 3. The lowest BCUT2D eigenvalue weighted by Crippen LogP contribution is -2.42. The first-order valence-corrected chi connectivity index (χ1v) is 13.7. The van der Waals surface area contributed by atoms with Crippen molar-refractivity contribution >= 4 is 32.6 Å². The summed E-state index contributed by atoms with van der Waals surface area (Å²) in [4.78, 5) is 14.1. The van der Waals surface area contributed by atoms with E-state index in [9.17, 15) is 13.2 Å². The number of benzene rings is 3. The molecule has 1 aliphatic rings. The number of carbonyl (C=O) groups is 1. The van der Waals surface area contributed by atoms with Crippen LogP contribution in [0.25, 0.3) is 10.8 Å². The van der Waals surface area contributed by atoms with Gasteiger partial charge in [0.15, 0.2) is 0 Å². The van der Waals surface area contributed by atoms with Crippen molar-refractivity contribution in [2.24, 2.45) is 0 Å². The molecule has 0 bridgehead atoms. The number of nitrogens with zero attached hydrogens (tertiary/aromatic N) is 1. The fourth-order valence-electron chi connectivity index (χ4n) is 4.15. The molecular weight excluding hydrogens is 480 g/mol. The number of unbranched alkanes of at least 4 members (excludes halogenated alkanes) is 1. The number of fused-ring (bicyclic) bond motifs is 1. The van der Waals surface area contributed by atoms with Crippen LogP contribution in [0.2, 0.25) is 0 Å². The third-order valence-corrected chi connectivity index (χ3v) is 7.60. The van der Waals surface area contributed by atoms with Crippen LogP contribution >= 0.6 is 0 Å². The molecule has 1 heterocycles. The van der Waals surface area contributed by atoms with E-state index in [0.717, 1.165) is 23.6 Å². The summed E-state index contributed by atoms with van der Waals surface area (Å²) >= 11 is 0. The van der Waals surface area contributed by atoms with Gasteiger partial charge in [-0.1, -0.05) is 37.6 Å². The molecule has 192 valence electrons. The minimum absolute atomic E-state index is 0.0464. The van der Waals surface area contributed by atoms with E-state index in [2.05, 4.69) is 11.6 Å². The van der Waals surface area contributed by atoms with Gasteiger partial charge in [-0.05, 0) is 42.8 Å². The Balaban J connectivity index is 1.46. The zero-order chi connectivity index (χ0) is 25.5. The lowest BCUT2D eigenvalue weighted by atomic mass is 10.1. The van der Waals surface area contributed by atoms with Gasteiger partial charge in [0, 0.05) is 36.7 Å². The number of amides is 1. The van der Waals surface area contributed by atoms with Gasteiger partial charge in [0.05, 0.1) is 24.3 Å². The largest absolute Gasteiger partial charge is 0.497 e. The summed E-state index contributed by atoms with van der Waals surface area (Å²) in [6.07, 6.45) is 2.94. The Labute approximate surface area is 212 Å². The third-order valence-electron chi connectivity index (χ3n) is 6.22. The van der Waals surface area contributed by atoms with E-state index in [1.54, 1.807) is 29.2 Å². The summed E-state index contributed by atoms with van der Waals surface area (Å²) in [6.45, 7) is 3.66. The molecule has 0 aliphatic carbocycles. The van der Waals surface area contributed by atoms with Gasteiger partial charge >= 0.3 is 6.09 Å². The Morgan fingerprint density at radius 3 is 2.36 bits per heavy atom. The smallest absolute Gasteiger partial charge is 0.409 e. The van der Waals surface area contributed by atoms with E-state index in [1.165, 1.54) is 19.2 Å². The highest BCUT2D eigenvalue weighted by Gasteiger charge is 2.25. The number of sulfonamides is 1. The number of likely N-dealkylation sites (tertiary alicyclic amines) is 1. The van der Waals surface area contributed by atoms with E-state index in [-0.39, 0.29) is 17.1 Å². The van der Waals surface area contributed by atoms with Crippen molar-refractivity contribution in [3.05, 3.63) is 60.7 Å². The summed E-state index contributed by atoms with van der Waals surface area (Å²) < 4.78 is 45.4. The monoisotopic (exact) mass is 512 g/mol. The van der Waals surface area contributed by atoms with Gasteiger partial charge in [0.1, 0.15) is 17.6 Å². The molecule has 1 aliphatic heterocycles. The van der Waals surface area contributed by atoms with Crippen LogP contribution in [0.3, 0.4) is 0 Å². The zero-order valence-electron chi connectivity index (χ0n) is 20.6. The van der Waals surface area contributed by atoms with Crippen molar-refractivity contribution in [1.82, 2.24) is 4.90 Å². The highest BCUT2D eigenvalue weighted by atomic mass is 32.2. The predicted molar refractivity (Wildman–Crippen MR) is 139 cm³/mol. The molecule has 0 unspecified atom stereocenters. The van der Waals surface area contributed by atoms with Gasteiger partial charge < -0.3 is 19.1 Å². The molecule has 0 radical (unpaired) electrons. The lowest BCUT2D eigenvalue weighted by molar-refractivity contribution is 0.0674. The van der Waals surface area contributed by atoms with Crippen molar-refractivity contribution in [2.75, 3.05) is 31.5 Å². The van der Waals surface area contributed by atoms with Crippen LogP contribution < -0.4 is 14.2 Å². The quantitative estimate of drug-likeness (QED) is 0.384. The predicted octanol–water partition coefficient (Wildman–Crippen LogP) is 5.43. The molecule has 0 aromatic heterocycles. The molecule has 1 N–H and O–H groups in total. The topological polar surface area (TPSA) is 94.2 Å².